The van der Waals surface area contributed by atoms with Gasteiger partial charge >= 0.3 is 0 Å². The molecule has 0 saturated heterocycles. The zero-order valence-electron chi connectivity index (χ0n) is 20.1. The number of benzene rings is 5. The van der Waals surface area contributed by atoms with Gasteiger partial charge in [0.25, 0.3) is 0 Å². The molecule has 0 bridgehead atoms. The highest BCUT2D eigenvalue weighted by atomic mass is 32.1. The van der Waals surface area contributed by atoms with Crippen LogP contribution >= 0.6 is 11.3 Å². The standard InChI is InChI=1S/C35H23NS/c1-4-12-24(13-5-1)28-18-10-20-30-31-21-11-19-29(35(31)37-34(28)30)27-22-32(25-14-6-2-7-15-25)36-33(23-27)26-16-8-3-9-17-26/h1-23H. The average molecular weight is 490 g/mol. The first-order valence-corrected chi connectivity index (χ1v) is 13.3. The molecule has 37 heavy (non-hydrogen) atoms. The van der Waals surface area contributed by atoms with Crippen LogP contribution in [0, 0.1) is 0 Å². The highest BCUT2D eigenvalue weighted by Crippen LogP contribution is 2.44. The van der Waals surface area contributed by atoms with Gasteiger partial charge in [0.15, 0.2) is 0 Å². The minimum absolute atomic E-state index is 0.986. The molecule has 7 rings (SSSR count). The maximum absolute atomic E-state index is 5.08. The van der Waals surface area contributed by atoms with Crippen LogP contribution in [0.25, 0.3) is 64.9 Å². The highest BCUT2D eigenvalue weighted by molar-refractivity contribution is 7.26. The van der Waals surface area contributed by atoms with Crippen molar-refractivity contribution in [2.45, 2.75) is 0 Å². The van der Waals surface area contributed by atoms with Crippen molar-refractivity contribution >= 4 is 31.5 Å². The summed E-state index contributed by atoms with van der Waals surface area (Å²) in [6, 6.07) is 49.4. The van der Waals surface area contributed by atoms with Gasteiger partial charge in [0, 0.05) is 31.3 Å². The Hall–Kier alpha value is -4.53. The van der Waals surface area contributed by atoms with Crippen LogP contribution in [0.4, 0.5) is 0 Å². The van der Waals surface area contributed by atoms with E-state index in [1.165, 1.54) is 42.4 Å². The third kappa shape index (κ3) is 3.92. The largest absolute Gasteiger partial charge is 0.248 e. The molecule has 0 spiro atoms. The molecule has 5 aromatic carbocycles. The van der Waals surface area contributed by atoms with E-state index in [-0.39, 0.29) is 0 Å². The molecular formula is C35H23NS. The molecule has 7 aromatic rings. The smallest absolute Gasteiger partial charge is 0.0715 e. The van der Waals surface area contributed by atoms with E-state index in [2.05, 4.69) is 127 Å². The molecule has 0 aliphatic heterocycles. The van der Waals surface area contributed by atoms with Crippen molar-refractivity contribution in [3.63, 3.8) is 0 Å². The van der Waals surface area contributed by atoms with E-state index >= 15 is 0 Å². The Labute approximate surface area is 220 Å². The average Bonchev–Trinajstić information content (AvgIpc) is 3.37. The Morgan fingerprint density at radius 3 is 1.30 bits per heavy atom. The van der Waals surface area contributed by atoms with E-state index < -0.39 is 0 Å². The van der Waals surface area contributed by atoms with Crippen molar-refractivity contribution in [2.75, 3.05) is 0 Å². The Bertz CT molecular complexity index is 1790. The molecule has 0 atom stereocenters. The van der Waals surface area contributed by atoms with Crippen molar-refractivity contribution in [1.82, 2.24) is 4.98 Å². The van der Waals surface area contributed by atoms with Crippen molar-refractivity contribution in [2.24, 2.45) is 0 Å². The summed E-state index contributed by atoms with van der Waals surface area (Å²) >= 11 is 1.89. The molecule has 2 heteroatoms. The molecule has 0 unspecified atom stereocenters. The first-order chi connectivity index (χ1) is 18.3. The molecule has 174 valence electrons. The Morgan fingerprint density at radius 1 is 0.378 bits per heavy atom. The van der Waals surface area contributed by atoms with Gasteiger partial charge in [-0.1, -0.05) is 127 Å². The predicted molar refractivity (Wildman–Crippen MR) is 159 cm³/mol. The molecular weight excluding hydrogens is 466 g/mol. The zero-order chi connectivity index (χ0) is 24.6. The van der Waals surface area contributed by atoms with Crippen molar-refractivity contribution in [1.29, 1.82) is 0 Å². The van der Waals surface area contributed by atoms with Crippen LogP contribution in [-0.2, 0) is 0 Å². The zero-order valence-corrected chi connectivity index (χ0v) is 21.0. The van der Waals surface area contributed by atoms with Crippen molar-refractivity contribution < 1.29 is 0 Å². The first-order valence-electron chi connectivity index (χ1n) is 12.5. The van der Waals surface area contributed by atoms with Gasteiger partial charge in [-0.05, 0) is 34.4 Å². The molecule has 1 nitrogen and oxygen atoms in total. The second-order valence-electron chi connectivity index (χ2n) is 9.19. The molecule has 0 radical (unpaired) electrons. The van der Waals surface area contributed by atoms with E-state index in [0.717, 1.165) is 22.5 Å². The summed E-state index contributed by atoms with van der Waals surface area (Å²) < 4.78 is 2.64. The number of rotatable bonds is 4. The summed E-state index contributed by atoms with van der Waals surface area (Å²) in [5.74, 6) is 0. The summed E-state index contributed by atoms with van der Waals surface area (Å²) in [5.41, 5.74) is 9.19. The minimum Gasteiger partial charge on any atom is -0.248 e. The summed E-state index contributed by atoms with van der Waals surface area (Å²) in [6.45, 7) is 0. The highest BCUT2D eigenvalue weighted by Gasteiger charge is 2.15. The molecule has 2 heterocycles. The second kappa shape index (κ2) is 9.16. The van der Waals surface area contributed by atoms with Gasteiger partial charge in [0.1, 0.15) is 0 Å². The monoisotopic (exact) mass is 489 g/mol. The number of fused-ring (bicyclic) bond motifs is 3. The van der Waals surface area contributed by atoms with Crippen molar-refractivity contribution in [3.05, 3.63) is 140 Å². The quantitative estimate of drug-likeness (QED) is 0.240. The van der Waals surface area contributed by atoms with Crippen LogP contribution in [0.2, 0.25) is 0 Å². The van der Waals surface area contributed by atoms with E-state index in [4.69, 9.17) is 4.98 Å². The summed E-state index contributed by atoms with van der Waals surface area (Å²) in [4.78, 5) is 5.08. The second-order valence-corrected chi connectivity index (χ2v) is 10.2. The van der Waals surface area contributed by atoms with Gasteiger partial charge in [-0.25, -0.2) is 4.98 Å². The SMILES string of the molecule is c1ccc(-c2cc(-c3cccc4c3sc3c(-c5ccccc5)cccc34)cc(-c3ccccc3)n2)cc1. The number of nitrogens with zero attached hydrogens (tertiary/aromatic N) is 1. The molecule has 2 aromatic heterocycles. The maximum atomic E-state index is 5.08. The third-order valence-corrected chi connectivity index (χ3v) is 8.17. The fourth-order valence-corrected chi connectivity index (χ4v) is 6.46. The van der Waals surface area contributed by atoms with Gasteiger partial charge in [-0.3, -0.25) is 0 Å². The van der Waals surface area contributed by atoms with Gasteiger partial charge in [-0.15, -0.1) is 11.3 Å². The fraction of sp³-hybridized carbons (Fsp3) is 0. The van der Waals surface area contributed by atoms with Crippen molar-refractivity contribution in [3.8, 4) is 44.8 Å². The minimum atomic E-state index is 0.986. The van der Waals surface area contributed by atoms with Crippen LogP contribution in [0.3, 0.4) is 0 Å². The lowest BCUT2D eigenvalue weighted by Gasteiger charge is -2.11. The fourth-order valence-electron chi connectivity index (χ4n) is 5.09. The predicted octanol–water partition coefficient (Wildman–Crippen LogP) is 10.1. The number of hydrogen-bond acceptors (Lipinski definition) is 2. The lowest BCUT2D eigenvalue weighted by atomic mass is 9.98. The molecule has 0 N–H and O–H groups in total. The molecule has 0 saturated carbocycles. The summed E-state index contributed by atoms with van der Waals surface area (Å²) in [5, 5.41) is 2.61. The summed E-state index contributed by atoms with van der Waals surface area (Å²) in [6.07, 6.45) is 0. The van der Waals surface area contributed by atoms with Crippen LogP contribution in [-0.4, -0.2) is 4.98 Å². The van der Waals surface area contributed by atoms with E-state index in [0.29, 0.717) is 0 Å². The molecule has 0 aliphatic rings. The summed E-state index contributed by atoms with van der Waals surface area (Å²) in [7, 11) is 0. The number of aromatic nitrogens is 1. The van der Waals surface area contributed by atoms with Crippen LogP contribution in [0.1, 0.15) is 0 Å². The van der Waals surface area contributed by atoms with E-state index in [1.54, 1.807) is 0 Å². The molecule has 0 aliphatic carbocycles. The lowest BCUT2D eigenvalue weighted by molar-refractivity contribution is 1.32. The first kappa shape index (κ1) is 21.7. The van der Waals surface area contributed by atoms with Gasteiger partial charge in [-0.2, -0.15) is 0 Å². The van der Waals surface area contributed by atoms with Gasteiger partial charge < -0.3 is 0 Å². The van der Waals surface area contributed by atoms with Crippen LogP contribution in [0.15, 0.2) is 140 Å². The van der Waals surface area contributed by atoms with E-state index in [1.807, 2.05) is 23.5 Å². The Balaban J connectivity index is 1.49. The Kier molecular flexibility index (Phi) is 5.38. The molecule has 0 fully saturated rings. The topological polar surface area (TPSA) is 12.9 Å². The van der Waals surface area contributed by atoms with Crippen LogP contribution < -0.4 is 0 Å². The van der Waals surface area contributed by atoms with Gasteiger partial charge in [0.2, 0.25) is 0 Å². The normalized spacial score (nSPS) is 11.2. The third-order valence-electron chi connectivity index (χ3n) is 6.88. The maximum Gasteiger partial charge on any atom is 0.0715 e. The van der Waals surface area contributed by atoms with Crippen LogP contribution in [0.5, 0.6) is 0 Å². The van der Waals surface area contributed by atoms with E-state index in [9.17, 15) is 0 Å². The number of pyridine rings is 1. The number of thiophene rings is 1. The van der Waals surface area contributed by atoms with Gasteiger partial charge in [0.05, 0.1) is 11.4 Å². The molecule has 0 amide bonds. The number of hydrogen-bond donors (Lipinski definition) is 0. The Morgan fingerprint density at radius 2 is 0.811 bits per heavy atom. The lowest BCUT2D eigenvalue weighted by Crippen LogP contribution is -1.91.